The fourth-order valence-electron chi connectivity index (χ4n) is 2.83. The zero-order valence-corrected chi connectivity index (χ0v) is 13.4. The van der Waals surface area contributed by atoms with Gasteiger partial charge in [-0.2, -0.15) is 0 Å². The van der Waals surface area contributed by atoms with Crippen LogP contribution in [0.2, 0.25) is 0 Å². The van der Waals surface area contributed by atoms with Gasteiger partial charge in [0.25, 0.3) is 11.8 Å². The smallest absolute Gasteiger partial charge is 0.261 e. The monoisotopic (exact) mass is 314 g/mol. The Bertz CT molecular complexity index is 736. The lowest BCUT2D eigenvalue weighted by Crippen LogP contribution is -2.26. The molecule has 5 heteroatoms. The van der Waals surface area contributed by atoms with Gasteiger partial charge in [-0.05, 0) is 43.0 Å². The Hall–Kier alpha value is -2.14. The Morgan fingerprint density at radius 2 is 1.86 bits per heavy atom. The molecule has 1 aromatic carbocycles. The molecule has 1 heterocycles. The molecule has 1 aliphatic carbocycles. The maximum Gasteiger partial charge on any atom is 0.261 e. The van der Waals surface area contributed by atoms with E-state index in [0.29, 0.717) is 9.75 Å². The molecule has 22 heavy (non-hydrogen) atoms. The molecular weight excluding hydrogens is 296 g/mol. The lowest BCUT2D eigenvalue weighted by Gasteiger charge is -2.13. The first kappa shape index (κ1) is 14.8. The molecule has 0 aliphatic heterocycles. The molecule has 2 N–H and O–H groups in total. The van der Waals surface area contributed by atoms with Crippen LogP contribution in [-0.4, -0.2) is 18.9 Å². The topological polar surface area (TPSA) is 58.2 Å². The van der Waals surface area contributed by atoms with E-state index in [1.807, 2.05) is 0 Å². The summed E-state index contributed by atoms with van der Waals surface area (Å²) in [6.45, 7) is 2.08. The van der Waals surface area contributed by atoms with E-state index in [-0.39, 0.29) is 17.9 Å². The van der Waals surface area contributed by atoms with E-state index in [1.165, 1.54) is 28.0 Å². The quantitative estimate of drug-likeness (QED) is 0.915. The molecule has 0 radical (unpaired) electrons. The Balaban J connectivity index is 1.73. The molecule has 4 nitrogen and oxygen atoms in total. The van der Waals surface area contributed by atoms with Crippen molar-refractivity contribution in [2.45, 2.75) is 25.8 Å². The van der Waals surface area contributed by atoms with Crippen LogP contribution in [0.15, 0.2) is 30.3 Å². The molecule has 0 saturated heterocycles. The highest BCUT2D eigenvalue weighted by molar-refractivity contribution is 7.15. The number of rotatable bonds is 3. The molecule has 2 aromatic rings. The molecule has 0 unspecified atom stereocenters. The van der Waals surface area contributed by atoms with Crippen LogP contribution in [0.25, 0.3) is 0 Å². The second-order valence-corrected chi connectivity index (χ2v) is 6.59. The average Bonchev–Trinajstić information content (AvgIpc) is 3.13. The third-order valence-electron chi connectivity index (χ3n) is 3.96. The van der Waals surface area contributed by atoms with Crippen LogP contribution < -0.4 is 10.6 Å². The highest BCUT2D eigenvalue weighted by Gasteiger charge is 2.25. The van der Waals surface area contributed by atoms with Crippen LogP contribution in [-0.2, 0) is 6.42 Å². The molecule has 1 atom stereocenters. The number of carbonyl (C=O) groups is 2. The predicted octanol–water partition coefficient (Wildman–Crippen LogP) is 2.83. The molecular formula is C17H18N2O2S. The van der Waals surface area contributed by atoms with Crippen molar-refractivity contribution in [1.29, 1.82) is 0 Å². The average molecular weight is 314 g/mol. The van der Waals surface area contributed by atoms with Gasteiger partial charge in [0.05, 0.1) is 15.8 Å². The number of benzene rings is 1. The van der Waals surface area contributed by atoms with Gasteiger partial charge < -0.3 is 10.6 Å². The largest absolute Gasteiger partial charge is 0.354 e. The van der Waals surface area contributed by atoms with Crippen molar-refractivity contribution in [2.24, 2.45) is 0 Å². The van der Waals surface area contributed by atoms with E-state index >= 15 is 0 Å². The fourth-order valence-corrected chi connectivity index (χ4v) is 3.69. The SMILES string of the molecule is CNC(=O)c1ccc(C(=O)N[C@@H]2CCc3cc(C)ccc32)s1. The molecule has 0 fully saturated rings. The summed E-state index contributed by atoms with van der Waals surface area (Å²) in [5.74, 6) is -0.274. The first-order valence-electron chi connectivity index (χ1n) is 7.30. The van der Waals surface area contributed by atoms with Crippen LogP contribution in [0, 0.1) is 6.92 Å². The lowest BCUT2D eigenvalue weighted by molar-refractivity contribution is 0.0939. The highest BCUT2D eigenvalue weighted by Crippen LogP contribution is 2.32. The minimum absolute atomic E-state index is 0.0636. The number of aryl methyl sites for hydroxylation is 2. The normalized spacial score (nSPS) is 16.2. The number of amides is 2. The molecule has 0 spiro atoms. The number of thiophene rings is 1. The lowest BCUT2D eigenvalue weighted by atomic mass is 10.1. The van der Waals surface area contributed by atoms with Crippen molar-refractivity contribution in [1.82, 2.24) is 10.6 Å². The second-order valence-electron chi connectivity index (χ2n) is 5.51. The number of hydrogen-bond donors (Lipinski definition) is 2. The minimum atomic E-state index is -0.161. The molecule has 1 aliphatic rings. The van der Waals surface area contributed by atoms with Crippen molar-refractivity contribution in [3.63, 3.8) is 0 Å². The summed E-state index contributed by atoms with van der Waals surface area (Å²) in [5, 5.41) is 5.65. The number of carbonyl (C=O) groups excluding carboxylic acids is 2. The summed E-state index contributed by atoms with van der Waals surface area (Å²) in [7, 11) is 1.58. The van der Waals surface area contributed by atoms with Crippen LogP contribution >= 0.6 is 11.3 Å². The summed E-state index contributed by atoms with van der Waals surface area (Å²) in [6.07, 6.45) is 1.92. The van der Waals surface area contributed by atoms with Gasteiger partial charge >= 0.3 is 0 Å². The second kappa shape index (κ2) is 5.93. The molecule has 0 bridgehead atoms. The highest BCUT2D eigenvalue weighted by atomic mass is 32.1. The molecule has 3 rings (SSSR count). The Morgan fingerprint density at radius 3 is 2.59 bits per heavy atom. The van der Waals surface area contributed by atoms with Gasteiger partial charge in [-0.15, -0.1) is 11.3 Å². The van der Waals surface area contributed by atoms with Gasteiger partial charge in [-0.1, -0.05) is 23.8 Å². The first-order chi connectivity index (χ1) is 10.6. The van der Waals surface area contributed by atoms with Gasteiger partial charge in [0.1, 0.15) is 0 Å². The van der Waals surface area contributed by atoms with Crippen LogP contribution in [0.3, 0.4) is 0 Å². The Labute approximate surface area is 133 Å². The van der Waals surface area contributed by atoms with Gasteiger partial charge in [0.15, 0.2) is 0 Å². The van der Waals surface area contributed by atoms with Gasteiger partial charge in [0.2, 0.25) is 0 Å². The molecule has 2 amide bonds. The molecule has 114 valence electrons. The predicted molar refractivity (Wildman–Crippen MR) is 87.4 cm³/mol. The van der Waals surface area contributed by atoms with Crippen LogP contribution in [0.1, 0.15) is 48.5 Å². The maximum atomic E-state index is 12.4. The third kappa shape index (κ3) is 2.76. The van der Waals surface area contributed by atoms with Crippen molar-refractivity contribution >= 4 is 23.2 Å². The van der Waals surface area contributed by atoms with Crippen LogP contribution in [0.5, 0.6) is 0 Å². The Morgan fingerprint density at radius 1 is 1.14 bits per heavy atom. The van der Waals surface area contributed by atoms with E-state index < -0.39 is 0 Å². The minimum Gasteiger partial charge on any atom is -0.354 e. The standard InChI is InChI=1S/C17H18N2O2S/c1-10-3-5-12-11(9-10)4-6-13(12)19-17(21)15-8-7-14(22-15)16(20)18-2/h3,5,7-9,13H,4,6H2,1-2H3,(H,18,20)(H,19,21)/t13-/m1/s1. The van der Waals surface area contributed by atoms with Gasteiger partial charge in [0, 0.05) is 7.05 Å². The maximum absolute atomic E-state index is 12.4. The number of hydrogen-bond acceptors (Lipinski definition) is 3. The van der Waals surface area contributed by atoms with E-state index in [9.17, 15) is 9.59 Å². The van der Waals surface area contributed by atoms with Gasteiger partial charge in [-0.25, -0.2) is 0 Å². The van der Waals surface area contributed by atoms with E-state index in [2.05, 4.69) is 35.8 Å². The van der Waals surface area contributed by atoms with E-state index in [4.69, 9.17) is 0 Å². The summed E-state index contributed by atoms with van der Waals surface area (Å²) < 4.78 is 0. The summed E-state index contributed by atoms with van der Waals surface area (Å²) in [4.78, 5) is 25.0. The van der Waals surface area contributed by atoms with Crippen molar-refractivity contribution in [2.75, 3.05) is 7.05 Å². The number of fused-ring (bicyclic) bond motifs is 1. The Kier molecular flexibility index (Phi) is 3.98. The summed E-state index contributed by atoms with van der Waals surface area (Å²) in [6, 6.07) is 9.83. The summed E-state index contributed by atoms with van der Waals surface area (Å²) >= 11 is 1.22. The molecule has 1 aromatic heterocycles. The van der Waals surface area contributed by atoms with Crippen molar-refractivity contribution in [3.8, 4) is 0 Å². The first-order valence-corrected chi connectivity index (χ1v) is 8.12. The van der Waals surface area contributed by atoms with Gasteiger partial charge in [-0.3, -0.25) is 9.59 Å². The fraction of sp³-hybridized carbons (Fsp3) is 0.294. The van der Waals surface area contributed by atoms with E-state index in [1.54, 1.807) is 19.2 Å². The van der Waals surface area contributed by atoms with E-state index in [0.717, 1.165) is 12.8 Å². The number of nitrogens with one attached hydrogen (secondary N) is 2. The van der Waals surface area contributed by atoms with Crippen molar-refractivity contribution < 1.29 is 9.59 Å². The third-order valence-corrected chi connectivity index (χ3v) is 5.04. The van der Waals surface area contributed by atoms with Crippen molar-refractivity contribution in [3.05, 3.63) is 56.8 Å². The molecule has 0 saturated carbocycles. The zero-order chi connectivity index (χ0) is 15.7. The van der Waals surface area contributed by atoms with Crippen LogP contribution in [0.4, 0.5) is 0 Å². The summed E-state index contributed by atoms with van der Waals surface area (Å²) in [5.41, 5.74) is 3.78. The zero-order valence-electron chi connectivity index (χ0n) is 12.6.